The van der Waals surface area contributed by atoms with Gasteiger partial charge in [0.25, 0.3) is 0 Å². The van der Waals surface area contributed by atoms with Gasteiger partial charge >= 0.3 is 71.5 Å². The third-order valence-electron chi connectivity index (χ3n) is 0.804. The van der Waals surface area contributed by atoms with Crippen LogP contribution in [0.3, 0.4) is 0 Å². The molecule has 0 aliphatic rings. The van der Waals surface area contributed by atoms with Gasteiger partial charge in [-0.25, -0.2) is 0 Å². The first-order valence-electron chi connectivity index (χ1n) is 2.61. The summed E-state index contributed by atoms with van der Waals surface area (Å²) in [4.78, 5) is 0. The summed E-state index contributed by atoms with van der Waals surface area (Å²) in [5.41, 5.74) is 0. The van der Waals surface area contributed by atoms with E-state index in [2.05, 4.69) is 22.9 Å². The second-order valence-corrected chi connectivity index (χ2v) is 4.49. The first kappa shape index (κ1) is 9.10. The summed E-state index contributed by atoms with van der Waals surface area (Å²) in [5.74, 6) is 0. The van der Waals surface area contributed by atoms with E-state index in [1.807, 2.05) is 0 Å². The minimum absolute atomic E-state index is 0.137. The summed E-state index contributed by atoms with van der Waals surface area (Å²) in [6.45, 7) is 2.16. The van der Waals surface area contributed by atoms with Crippen molar-refractivity contribution in [2.45, 2.75) is 24.5 Å². The predicted molar refractivity (Wildman–Crippen MR) is 38.4 cm³/mol. The van der Waals surface area contributed by atoms with E-state index in [4.69, 9.17) is 7.85 Å². The molecule has 0 aliphatic heterocycles. The van der Waals surface area contributed by atoms with Gasteiger partial charge in [-0.1, -0.05) is 0 Å². The quantitative estimate of drug-likeness (QED) is 0.537. The molecule has 0 aromatic rings. The van der Waals surface area contributed by atoms with Crippen LogP contribution in [0.5, 0.6) is 0 Å². The summed E-state index contributed by atoms with van der Waals surface area (Å²) in [6, 6.07) is 0. The van der Waals surface area contributed by atoms with Crippen molar-refractivity contribution in [2.75, 3.05) is 0 Å². The molecule has 2 radical (unpaired) electrons. The molecule has 1 unspecified atom stereocenters. The van der Waals surface area contributed by atoms with Gasteiger partial charge in [-0.3, -0.25) is 0 Å². The van der Waals surface area contributed by atoms with E-state index in [1.165, 1.54) is 36.1 Å². The molecule has 0 amide bonds. The van der Waals surface area contributed by atoms with Gasteiger partial charge < -0.3 is 0 Å². The fourth-order valence-corrected chi connectivity index (χ4v) is 1.35. The fraction of sp³-hybridized carbons (Fsp3) is 0.800. The van der Waals surface area contributed by atoms with Crippen LogP contribution in [0.1, 0.15) is 19.8 Å². The molecule has 0 bridgehead atoms. The van der Waals surface area contributed by atoms with Gasteiger partial charge in [0.2, 0.25) is 0 Å². The van der Waals surface area contributed by atoms with Crippen LogP contribution in [-0.4, -0.2) is 16.5 Å². The Labute approximate surface area is 71.4 Å². The van der Waals surface area contributed by atoms with Crippen molar-refractivity contribution in [1.82, 2.24) is 0 Å². The molecule has 0 saturated carbocycles. The second-order valence-electron chi connectivity index (χ2n) is 1.62. The molecule has 0 N–H and O–H groups in total. The topological polar surface area (TPSA) is 0 Å². The summed E-state index contributed by atoms with van der Waals surface area (Å²) in [5, 5.41) is 0. The van der Waals surface area contributed by atoms with Crippen LogP contribution in [0, 0.1) is 0 Å². The summed E-state index contributed by atoms with van der Waals surface area (Å²) in [7, 11) is 5.52. The Balaban J connectivity index is 3.33. The van der Waals surface area contributed by atoms with Crippen LogP contribution in [0.15, 0.2) is 0 Å². The zero-order chi connectivity index (χ0) is 6.57. The Kier molecular flexibility index (Phi) is 5.61. The SMILES string of the molecule is [B]C(Br)[C](=[W])CCC. The molecule has 8 heavy (non-hydrogen) atoms. The molecule has 0 rings (SSSR count). The normalized spacial score (nSPS) is 13.2. The van der Waals surface area contributed by atoms with Gasteiger partial charge in [-0.2, -0.15) is 0 Å². The Morgan fingerprint density at radius 3 is 2.50 bits per heavy atom. The third-order valence-corrected chi connectivity index (χ3v) is 4.20. The molecular weight excluding hydrogens is 335 g/mol. The Hall–Kier alpha value is 1.10. The number of hydrogen-bond donors (Lipinski definition) is 0. The zero-order valence-electron chi connectivity index (χ0n) is 4.86. The molecule has 44 valence electrons. The van der Waals surface area contributed by atoms with E-state index < -0.39 is 0 Å². The van der Waals surface area contributed by atoms with Crippen molar-refractivity contribution >= 4 is 27.7 Å². The molecule has 0 aliphatic carbocycles. The van der Waals surface area contributed by atoms with Crippen LogP contribution in [0.2, 0.25) is 0 Å². The third kappa shape index (κ3) is 4.03. The van der Waals surface area contributed by atoms with Crippen molar-refractivity contribution in [2.24, 2.45) is 0 Å². The van der Waals surface area contributed by atoms with Crippen molar-refractivity contribution < 1.29 is 19.4 Å². The molecule has 0 fully saturated rings. The average molecular weight is 343 g/mol. The van der Waals surface area contributed by atoms with Gasteiger partial charge in [0.1, 0.15) is 0 Å². The Bertz CT molecular complexity index is 82.5. The van der Waals surface area contributed by atoms with Crippen LogP contribution in [0.4, 0.5) is 0 Å². The van der Waals surface area contributed by atoms with Gasteiger partial charge in [-0.15, -0.1) is 0 Å². The van der Waals surface area contributed by atoms with Gasteiger partial charge in [0.05, 0.1) is 0 Å². The predicted octanol–water partition coefficient (Wildman–Crippen LogP) is 1.40. The first-order valence-corrected chi connectivity index (χ1v) is 4.99. The van der Waals surface area contributed by atoms with E-state index in [0.29, 0.717) is 0 Å². The van der Waals surface area contributed by atoms with Crippen molar-refractivity contribution in [3.63, 3.8) is 0 Å². The van der Waals surface area contributed by atoms with Crippen LogP contribution in [0.25, 0.3) is 0 Å². The molecule has 0 aromatic heterocycles. The second kappa shape index (κ2) is 4.93. The van der Waals surface area contributed by atoms with E-state index in [1.54, 1.807) is 0 Å². The van der Waals surface area contributed by atoms with Crippen LogP contribution < -0.4 is 0 Å². The first-order chi connectivity index (χ1) is 3.68. The van der Waals surface area contributed by atoms with Crippen LogP contribution in [-0.2, 0) is 19.4 Å². The van der Waals surface area contributed by atoms with E-state index in [9.17, 15) is 0 Å². The van der Waals surface area contributed by atoms with Crippen molar-refractivity contribution in [3.05, 3.63) is 0 Å². The van der Waals surface area contributed by atoms with Gasteiger partial charge in [-0.05, 0) is 0 Å². The van der Waals surface area contributed by atoms with Crippen molar-refractivity contribution in [1.29, 1.82) is 0 Å². The number of alkyl halides is 1. The summed E-state index contributed by atoms with van der Waals surface area (Å²) < 4.78 is 1.55. The monoisotopic (exact) mass is 342 g/mol. The van der Waals surface area contributed by atoms with Gasteiger partial charge in [0.15, 0.2) is 0 Å². The molecule has 0 spiro atoms. The average Bonchev–Trinajstić information content (AvgIpc) is 1.67. The molecule has 1 atom stereocenters. The van der Waals surface area contributed by atoms with Gasteiger partial charge in [0, 0.05) is 0 Å². The molecule has 0 heterocycles. The fourth-order valence-electron chi connectivity index (χ4n) is 0.384. The minimum atomic E-state index is 0.137. The zero-order valence-corrected chi connectivity index (χ0v) is 9.37. The van der Waals surface area contributed by atoms with E-state index >= 15 is 0 Å². The van der Waals surface area contributed by atoms with E-state index in [0.717, 1.165) is 0 Å². The summed E-state index contributed by atoms with van der Waals surface area (Å²) >= 11 is 4.81. The summed E-state index contributed by atoms with van der Waals surface area (Å²) in [6.07, 6.45) is 2.37. The van der Waals surface area contributed by atoms with Crippen LogP contribution >= 0.6 is 15.9 Å². The molecule has 0 aromatic carbocycles. The number of rotatable bonds is 3. The Morgan fingerprint density at radius 2 is 2.38 bits per heavy atom. The number of halogens is 1. The number of hydrogen-bond acceptors (Lipinski definition) is 0. The molecular formula is C5H8BBrW. The molecule has 3 heteroatoms. The Morgan fingerprint density at radius 1 is 1.88 bits per heavy atom. The molecule has 0 nitrogen and oxygen atoms in total. The maximum atomic E-state index is 5.52. The maximum absolute atomic E-state index is 5.52. The standard InChI is InChI=1S/C5H8BBr.W/c1-2-3-4-5(6)7;/h5H,2-3H2,1H3;. The molecule has 0 saturated heterocycles. The van der Waals surface area contributed by atoms with E-state index in [-0.39, 0.29) is 4.73 Å². The van der Waals surface area contributed by atoms with Crippen molar-refractivity contribution in [3.8, 4) is 0 Å².